The van der Waals surface area contributed by atoms with Crippen molar-refractivity contribution < 1.29 is 13.7 Å². The SMILES string of the molecule is CNC(COC)CS(=O)c1ccc(OC)cc1. The molecule has 0 bridgehead atoms. The predicted octanol–water partition coefficient (Wildman–Crippen LogP) is 1.04. The largest absolute Gasteiger partial charge is 0.497 e. The van der Waals surface area contributed by atoms with E-state index in [-0.39, 0.29) is 6.04 Å². The maximum atomic E-state index is 12.1. The van der Waals surface area contributed by atoms with Crippen LogP contribution in [0.3, 0.4) is 0 Å². The highest BCUT2D eigenvalue weighted by atomic mass is 32.2. The predicted molar refractivity (Wildman–Crippen MR) is 69.0 cm³/mol. The number of ether oxygens (including phenoxy) is 2. The Hall–Kier alpha value is -0.910. The van der Waals surface area contributed by atoms with Crippen LogP contribution in [0.5, 0.6) is 5.75 Å². The smallest absolute Gasteiger partial charge is 0.118 e. The Balaban J connectivity index is 2.62. The lowest BCUT2D eigenvalue weighted by Gasteiger charge is -2.14. The second-order valence-electron chi connectivity index (χ2n) is 3.63. The molecule has 0 aliphatic heterocycles. The number of likely N-dealkylation sites (N-methyl/N-ethyl adjacent to an activating group) is 1. The second-order valence-corrected chi connectivity index (χ2v) is 5.12. The van der Waals surface area contributed by atoms with Gasteiger partial charge in [0.25, 0.3) is 0 Å². The molecule has 96 valence electrons. The Morgan fingerprint density at radius 3 is 2.41 bits per heavy atom. The first kappa shape index (κ1) is 14.2. The quantitative estimate of drug-likeness (QED) is 0.793. The molecule has 2 unspecified atom stereocenters. The maximum absolute atomic E-state index is 12.1. The third-order valence-corrected chi connectivity index (χ3v) is 3.95. The fourth-order valence-electron chi connectivity index (χ4n) is 1.42. The van der Waals surface area contributed by atoms with E-state index in [9.17, 15) is 4.21 Å². The molecule has 0 aliphatic carbocycles. The fraction of sp³-hybridized carbons (Fsp3) is 0.500. The highest BCUT2D eigenvalue weighted by Gasteiger charge is 2.12. The van der Waals surface area contributed by atoms with Gasteiger partial charge in [-0.25, -0.2) is 0 Å². The van der Waals surface area contributed by atoms with Crippen molar-refractivity contribution in [2.45, 2.75) is 10.9 Å². The summed E-state index contributed by atoms with van der Waals surface area (Å²) in [5.41, 5.74) is 0. The minimum atomic E-state index is -1.02. The van der Waals surface area contributed by atoms with Gasteiger partial charge in [-0.15, -0.1) is 0 Å². The van der Waals surface area contributed by atoms with Crippen molar-refractivity contribution in [1.29, 1.82) is 0 Å². The second kappa shape index (κ2) is 7.42. The molecule has 2 atom stereocenters. The summed E-state index contributed by atoms with van der Waals surface area (Å²) in [5, 5.41) is 3.08. The molecule has 0 spiro atoms. The molecule has 0 aromatic heterocycles. The highest BCUT2D eigenvalue weighted by Crippen LogP contribution is 2.14. The van der Waals surface area contributed by atoms with Crippen LogP contribution in [0, 0.1) is 0 Å². The number of nitrogens with one attached hydrogen (secondary N) is 1. The zero-order valence-electron chi connectivity index (χ0n) is 10.4. The Labute approximate surface area is 105 Å². The Bertz CT molecular complexity index is 353. The van der Waals surface area contributed by atoms with Gasteiger partial charge in [0, 0.05) is 23.8 Å². The summed E-state index contributed by atoms with van der Waals surface area (Å²) in [6.45, 7) is 0.554. The summed E-state index contributed by atoms with van der Waals surface area (Å²) in [6.07, 6.45) is 0. The first-order chi connectivity index (χ1) is 8.21. The van der Waals surface area contributed by atoms with E-state index >= 15 is 0 Å². The van der Waals surface area contributed by atoms with Crippen LogP contribution in [-0.4, -0.2) is 43.9 Å². The molecule has 1 aromatic rings. The van der Waals surface area contributed by atoms with Gasteiger partial charge in [-0.1, -0.05) is 0 Å². The highest BCUT2D eigenvalue weighted by molar-refractivity contribution is 7.85. The molecule has 0 saturated carbocycles. The summed E-state index contributed by atoms with van der Waals surface area (Å²) < 4.78 is 22.2. The summed E-state index contributed by atoms with van der Waals surface area (Å²) >= 11 is 0. The van der Waals surface area contributed by atoms with Crippen LogP contribution in [0.2, 0.25) is 0 Å². The van der Waals surface area contributed by atoms with E-state index in [2.05, 4.69) is 5.32 Å². The van der Waals surface area contributed by atoms with Gasteiger partial charge in [-0.2, -0.15) is 0 Å². The molecule has 1 N–H and O–H groups in total. The number of hydrogen-bond donors (Lipinski definition) is 1. The van der Waals surface area contributed by atoms with Crippen LogP contribution in [0.4, 0.5) is 0 Å². The van der Waals surface area contributed by atoms with E-state index in [0.29, 0.717) is 12.4 Å². The average Bonchev–Trinajstić information content (AvgIpc) is 2.38. The molecule has 0 amide bonds. The molecule has 0 heterocycles. The van der Waals surface area contributed by atoms with Crippen molar-refractivity contribution in [3.8, 4) is 5.75 Å². The van der Waals surface area contributed by atoms with Crippen LogP contribution < -0.4 is 10.1 Å². The van der Waals surface area contributed by atoms with E-state index in [1.807, 2.05) is 31.3 Å². The van der Waals surface area contributed by atoms with Crippen molar-refractivity contribution in [2.75, 3.05) is 33.6 Å². The topological polar surface area (TPSA) is 47.6 Å². The van der Waals surface area contributed by atoms with Crippen LogP contribution >= 0.6 is 0 Å². The zero-order chi connectivity index (χ0) is 12.7. The average molecular weight is 257 g/mol. The molecule has 5 heteroatoms. The molecule has 17 heavy (non-hydrogen) atoms. The van der Waals surface area contributed by atoms with Gasteiger partial charge in [-0.05, 0) is 31.3 Å². The minimum Gasteiger partial charge on any atom is -0.497 e. The Morgan fingerprint density at radius 1 is 1.29 bits per heavy atom. The zero-order valence-corrected chi connectivity index (χ0v) is 11.3. The van der Waals surface area contributed by atoms with Gasteiger partial charge >= 0.3 is 0 Å². The fourth-order valence-corrected chi connectivity index (χ4v) is 2.68. The van der Waals surface area contributed by atoms with Gasteiger partial charge in [0.1, 0.15) is 5.75 Å². The monoisotopic (exact) mass is 257 g/mol. The molecule has 0 saturated heterocycles. The normalized spacial score (nSPS) is 14.3. The van der Waals surface area contributed by atoms with Crippen LogP contribution in [0.15, 0.2) is 29.2 Å². The van der Waals surface area contributed by atoms with E-state index in [1.165, 1.54) is 0 Å². The van der Waals surface area contributed by atoms with E-state index in [1.54, 1.807) is 14.2 Å². The molecule has 0 fully saturated rings. The summed E-state index contributed by atoms with van der Waals surface area (Å²) in [5.74, 6) is 1.31. The Kier molecular flexibility index (Phi) is 6.18. The van der Waals surface area contributed by atoms with Gasteiger partial charge in [0.2, 0.25) is 0 Å². The van der Waals surface area contributed by atoms with Crippen molar-refractivity contribution in [2.24, 2.45) is 0 Å². The number of benzene rings is 1. The molecule has 0 radical (unpaired) electrons. The van der Waals surface area contributed by atoms with E-state index < -0.39 is 10.8 Å². The lowest BCUT2D eigenvalue weighted by molar-refractivity contribution is 0.176. The van der Waals surface area contributed by atoms with Crippen molar-refractivity contribution in [1.82, 2.24) is 5.32 Å². The maximum Gasteiger partial charge on any atom is 0.118 e. The third-order valence-electron chi connectivity index (χ3n) is 2.45. The summed E-state index contributed by atoms with van der Waals surface area (Å²) in [7, 11) is 4.07. The van der Waals surface area contributed by atoms with Gasteiger partial charge in [0.05, 0.1) is 24.5 Å². The minimum absolute atomic E-state index is 0.0999. The summed E-state index contributed by atoms with van der Waals surface area (Å²) in [4.78, 5) is 0.808. The standard InChI is InChI=1S/C12H19NO3S/c1-13-10(8-15-2)9-17(14)12-6-4-11(16-3)5-7-12/h4-7,10,13H,8-9H2,1-3H3. The molecule has 1 aromatic carbocycles. The number of hydrogen-bond acceptors (Lipinski definition) is 4. The molecule has 4 nitrogen and oxygen atoms in total. The number of rotatable bonds is 7. The van der Waals surface area contributed by atoms with Crippen molar-refractivity contribution in [3.05, 3.63) is 24.3 Å². The van der Waals surface area contributed by atoms with Crippen LogP contribution in [0.25, 0.3) is 0 Å². The van der Waals surface area contributed by atoms with E-state index in [4.69, 9.17) is 9.47 Å². The number of methoxy groups -OCH3 is 2. The lowest BCUT2D eigenvalue weighted by atomic mass is 10.3. The molecule has 0 aliphatic rings. The van der Waals surface area contributed by atoms with Crippen LogP contribution in [-0.2, 0) is 15.5 Å². The molecule has 1 rings (SSSR count). The van der Waals surface area contributed by atoms with Gasteiger partial charge < -0.3 is 14.8 Å². The van der Waals surface area contributed by atoms with Crippen molar-refractivity contribution >= 4 is 10.8 Å². The van der Waals surface area contributed by atoms with Crippen molar-refractivity contribution in [3.63, 3.8) is 0 Å². The molecular weight excluding hydrogens is 238 g/mol. The van der Waals surface area contributed by atoms with Gasteiger partial charge in [-0.3, -0.25) is 4.21 Å². The van der Waals surface area contributed by atoms with Crippen LogP contribution in [0.1, 0.15) is 0 Å². The summed E-state index contributed by atoms with van der Waals surface area (Å²) in [6, 6.07) is 7.39. The Morgan fingerprint density at radius 2 is 1.94 bits per heavy atom. The first-order valence-corrected chi connectivity index (χ1v) is 6.71. The van der Waals surface area contributed by atoms with Gasteiger partial charge in [0.15, 0.2) is 0 Å². The third kappa shape index (κ3) is 4.46. The first-order valence-electron chi connectivity index (χ1n) is 5.40. The molecular formula is C12H19NO3S. The lowest BCUT2D eigenvalue weighted by Crippen LogP contribution is -2.35. The van der Waals surface area contributed by atoms with E-state index in [0.717, 1.165) is 10.6 Å².